The summed E-state index contributed by atoms with van der Waals surface area (Å²) in [6.07, 6.45) is 0.191. The van der Waals surface area contributed by atoms with Gasteiger partial charge in [0.05, 0.1) is 13.2 Å². The molecule has 1 heterocycles. The Labute approximate surface area is 99.5 Å². The number of aliphatic hydroxyl groups excluding tert-OH is 1. The summed E-state index contributed by atoms with van der Waals surface area (Å²) in [5.41, 5.74) is 0. The number of carbonyl (C=O) groups is 1. The molecule has 0 saturated carbocycles. The van der Waals surface area contributed by atoms with Crippen molar-refractivity contribution >= 4 is 17.2 Å². The molecular formula is C11H17NO3S. The van der Waals surface area contributed by atoms with Crippen LogP contribution in [-0.4, -0.2) is 42.7 Å². The fraction of sp³-hybridized carbons (Fsp3) is 0.545. The number of amides is 1. The summed E-state index contributed by atoms with van der Waals surface area (Å²) in [7, 11) is 3.28. The van der Waals surface area contributed by atoms with Gasteiger partial charge in [-0.05, 0) is 24.8 Å². The summed E-state index contributed by atoms with van der Waals surface area (Å²) in [5.74, 6) is 0.548. The van der Waals surface area contributed by atoms with Crippen molar-refractivity contribution in [3.8, 4) is 5.75 Å². The zero-order valence-electron chi connectivity index (χ0n) is 9.77. The van der Waals surface area contributed by atoms with E-state index in [-0.39, 0.29) is 12.0 Å². The number of aliphatic hydroxyl groups is 1. The van der Waals surface area contributed by atoms with Gasteiger partial charge < -0.3 is 14.7 Å². The van der Waals surface area contributed by atoms with Crippen molar-refractivity contribution in [3.63, 3.8) is 0 Å². The van der Waals surface area contributed by atoms with E-state index in [0.29, 0.717) is 23.6 Å². The third-order valence-electron chi connectivity index (χ3n) is 2.27. The van der Waals surface area contributed by atoms with Crippen molar-refractivity contribution in [2.75, 3.05) is 20.7 Å². The van der Waals surface area contributed by atoms with Gasteiger partial charge >= 0.3 is 0 Å². The van der Waals surface area contributed by atoms with E-state index >= 15 is 0 Å². The van der Waals surface area contributed by atoms with Crippen LogP contribution < -0.4 is 4.74 Å². The van der Waals surface area contributed by atoms with Crippen molar-refractivity contribution in [3.05, 3.63) is 16.3 Å². The Morgan fingerprint density at radius 1 is 1.69 bits per heavy atom. The third kappa shape index (κ3) is 3.21. The summed E-state index contributed by atoms with van der Waals surface area (Å²) in [6.45, 7) is 2.25. The summed E-state index contributed by atoms with van der Waals surface area (Å²) in [6, 6.07) is 1.78. The zero-order valence-corrected chi connectivity index (χ0v) is 10.6. The second-order valence-corrected chi connectivity index (χ2v) is 4.60. The van der Waals surface area contributed by atoms with Gasteiger partial charge in [-0.2, -0.15) is 0 Å². The third-order valence-corrected chi connectivity index (χ3v) is 3.16. The highest BCUT2D eigenvalue weighted by Crippen LogP contribution is 2.25. The van der Waals surface area contributed by atoms with Crippen LogP contribution in [0, 0.1) is 0 Å². The molecule has 0 aliphatic heterocycles. The molecule has 0 saturated heterocycles. The smallest absolute Gasteiger partial charge is 0.267 e. The monoisotopic (exact) mass is 243 g/mol. The fourth-order valence-corrected chi connectivity index (χ4v) is 2.12. The summed E-state index contributed by atoms with van der Waals surface area (Å²) in [5, 5.41) is 11.0. The second kappa shape index (κ2) is 5.86. The molecule has 1 atom stereocenters. The van der Waals surface area contributed by atoms with Gasteiger partial charge in [0.1, 0.15) is 10.6 Å². The maximum absolute atomic E-state index is 12.0. The highest BCUT2D eigenvalue weighted by Gasteiger charge is 2.18. The van der Waals surface area contributed by atoms with E-state index in [4.69, 9.17) is 9.84 Å². The van der Waals surface area contributed by atoms with Crippen molar-refractivity contribution in [2.45, 2.75) is 19.4 Å². The number of hydrogen-bond donors (Lipinski definition) is 1. The Hall–Kier alpha value is -1.07. The Bertz CT molecular complexity index is 349. The lowest BCUT2D eigenvalue weighted by molar-refractivity contribution is 0.0771. The summed E-state index contributed by atoms with van der Waals surface area (Å²) in [4.78, 5) is 14.2. The van der Waals surface area contributed by atoms with Crippen molar-refractivity contribution in [2.24, 2.45) is 0 Å². The lowest BCUT2D eigenvalue weighted by atomic mass is 10.2. The molecule has 5 heteroatoms. The molecule has 1 amide bonds. The average molecular weight is 243 g/mol. The molecule has 1 rings (SSSR count). The minimum atomic E-state index is -0.388. The molecular weight excluding hydrogens is 226 g/mol. The largest absolute Gasteiger partial charge is 0.495 e. The average Bonchev–Trinajstić information content (AvgIpc) is 2.72. The van der Waals surface area contributed by atoms with E-state index in [0.717, 1.165) is 0 Å². The first-order valence-corrected chi connectivity index (χ1v) is 5.99. The standard InChI is InChI=1S/C11H17NO3S/c1-8(13)4-6-12(2)11(14)10-9(15-3)5-7-16-10/h5,7-8,13H,4,6H2,1-3H3. The molecule has 0 aromatic carbocycles. The van der Waals surface area contributed by atoms with Crippen LogP contribution in [0.1, 0.15) is 23.0 Å². The number of methoxy groups -OCH3 is 1. The lowest BCUT2D eigenvalue weighted by Crippen LogP contribution is -2.29. The Morgan fingerprint density at radius 3 is 2.94 bits per heavy atom. The van der Waals surface area contributed by atoms with Crippen LogP contribution in [0.2, 0.25) is 0 Å². The number of carbonyl (C=O) groups excluding carboxylic acids is 1. The maximum atomic E-state index is 12.0. The maximum Gasteiger partial charge on any atom is 0.267 e. The van der Waals surface area contributed by atoms with Gasteiger partial charge in [-0.15, -0.1) is 11.3 Å². The first-order chi connectivity index (χ1) is 7.56. The van der Waals surface area contributed by atoms with E-state index in [1.54, 1.807) is 32.0 Å². The molecule has 0 radical (unpaired) electrons. The molecule has 0 fully saturated rings. The fourth-order valence-electron chi connectivity index (χ4n) is 1.27. The number of nitrogens with zero attached hydrogens (tertiary/aromatic N) is 1. The van der Waals surface area contributed by atoms with Gasteiger partial charge in [-0.1, -0.05) is 0 Å². The normalized spacial score (nSPS) is 12.2. The van der Waals surface area contributed by atoms with E-state index in [1.165, 1.54) is 11.3 Å². The van der Waals surface area contributed by atoms with Crippen LogP contribution in [0.15, 0.2) is 11.4 Å². The predicted molar refractivity (Wildman–Crippen MR) is 64.1 cm³/mol. The van der Waals surface area contributed by atoms with Crippen molar-refractivity contribution in [1.29, 1.82) is 0 Å². The molecule has 1 N–H and O–H groups in total. The Balaban J connectivity index is 2.63. The van der Waals surface area contributed by atoms with Crippen LogP contribution in [0.3, 0.4) is 0 Å². The zero-order chi connectivity index (χ0) is 12.1. The van der Waals surface area contributed by atoms with Crippen LogP contribution in [-0.2, 0) is 0 Å². The molecule has 1 aromatic heterocycles. The van der Waals surface area contributed by atoms with Gasteiger partial charge in [-0.3, -0.25) is 4.79 Å². The van der Waals surface area contributed by atoms with Gasteiger partial charge in [0.2, 0.25) is 0 Å². The summed E-state index contributed by atoms with van der Waals surface area (Å²) < 4.78 is 5.10. The van der Waals surface area contributed by atoms with Gasteiger partial charge in [0.15, 0.2) is 0 Å². The number of hydrogen-bond acceptors (Lipinski definition) is 4. The minimum Gasteiger partial charge on any atom is -0.495 e. The molecule has 0 aliphatic carbocycles. The minimum absolute atomic E-state index is 0.0625. The predicted octanol–water partition coefficient (Wildman–Crippen LogP) is 1.60. The summed E-state index contributed by atoms with van der Waals surface area (Å²) >= 11 is 1.37. The van der Waals surface area contributed by atoms with Crippen LogP contribution >= 0.6 is 11.3 Å². The van der Waals surface area contributed by atoms with E-state index in [1.807, 2.05) is 5.38 Å². The van der Waals surface area contributed by atoms with Crippen molar-refractivity contribution in [1.82, 2.24) is 4.90 Å². The van der Waals surface area contributed by atoms with Gasteiger partial charge in [0.25, 0.3) is 5.91 Å². The highest BCUT2D eigenvalue weighted by molar-refractivity contribution is 7.12. The quantitative estimate of drug-likeness (QED) is 0.854. The first-order valence-electron chi connectivity index (χ1n) is 5.11. The Kier molecular flexibility index (Phi) is 4.76. The number of thiophene rings is 1. The second-order valence-electron chi connectivity index (χ2n) is 3.68. The highest BCUT2D eigenvalue weighted by atomic mass is 32.1. The topological polar surface area (TPSA) is 49.8 Å². The Morgan fingerprint density at radius 2 is 2.38 bits per heavy atom. The van der Waals surface area contributed by atoms with E-state index in [2.05, 4.69) is 0 Å². The molecule has 0 spiro atoms. The number of rotatable bonds is 5. The van der Waals surface area contributed by atoms with E-state index < -0.39 is 0 Å². The van der Waals surface area contributed by atoms with Crippen LogP contribution in [0.4, 0.5) is 0 Å². The molecule has 16 heavy (non-hydrogen) atoms. The molecule has 1 unspecified atom stereocenters. The van der Waals surface area contributed by atoms with Crippen LogP contribution in [0.5, 0.6) is 5.75 Å². The molecule has 1 aromatic rings. The van der Waals surface area contributed by atoms with Crippen LogP contribution in [0.25, 0.3) is 0 Å². The SMILES string of the molecule is COc1ccsc1C(=O)N(C)CCC(C)O. The lowest BCUT2D eigenvalue weighted by Gasteiger charge is -2.17. The van der Waals surface area contributed by atoms with E-state index in [9.17, 15) is 4.79 Å². The molecule has 90 valence electrons. The van der Waals surface area contributed by atoms with Gasteiger partial charge in [-0.25, -0.2) is 0 Å². The van der Waals surface area contributed by atoms with Gasteiger partial charge in [0, 0.05) is 13.6 Å². The number of ether oxygens (including phenoxy) is 1. The molecule has 0 aliphatic rings. The van der Waals surface area contributed by atoms with Crippen molar-refractivity contribution < 1.29 is 14.6 Å². The molecule has 0 bridgehead atoms. The first kappa shape index (κ1) is 13.0. The molecule has 4 nitrogen and oxygen atoms in total.